The summed E-state index contributed by atoms with van der Waals surface area (Å²) in [5.41, 5.74) is 0.742. The van der Waals surface area contributed by atoms with Crippen LogP contribution in [-0.4, -0.2) is 39.3 Å². The summed E-state index contributed by atoms with van der Waals surface area (Å²) in [5, 5.41) is 15.2. The van der Waals surface area contributed by atoms with Crippen molar-refractivity contribution in [3.05, 3.63) is 35.8 Å². The van der Waals surface area contributed by atoms with Gasteiger partial charge in [-0.1, -0.05) is 11.2 Å². The first kappa shape index (κ1) is 15.8. The molecule has 1 fully saturated rings. The molecule has 0 aromatic carbocycles. The second kappa shape index (κ2) is 6.64. The van der Waals surface area contributed by atoms with Crippen LogP contribution >= 0.6 is 11.3 Å². The topological polar surface area (TPSA) is 92.3 Å². The first-order valence-electron chi connectivity index (χ1n) is 8.02. The summed E-state index contributed by atoms with van der Waals surface area (Å²) in [6.45, 7) is 1.31. The van der Waals surface area contributed by atoms with Gasteiger partial charge in [0.1, 0.15) is 5.82 Å². The maximum atomic E-state index is 11.2. The minimum Gasteiger partial charge on any atom is -0.481 e. The van der Waals surface area contributed by atoms with E-state index >= 15 is 0 Å². The Morgan fingerprint density at radius 2 is 2.28 bits per heavy atom. The standard InChI is InChI=1S/C17H16N4O3S/c22-17(23)12-3-1-7-21(10-12)14-6-5-11(9-18-14)16-19-15(20-24-16)13-4-2-8-25-13/h2,4-6,8-9,12H,1,3,7,10H2,(H,22,23). The van der Waals surface area contributed by atoms with Crippen LogP contribution in [0.2, 0.25) is 0 Å². The Morgan fingerprint density at radius 3 is 3.00 bits per heavy atom. The molecule has 4 heterocycles. The molecular weight excluding hydrogens is 340 g/mol. The van der Waals surface area contributed by atoms with Gasteiger partial charge < -0.3 is 14.5 Å². The molecule has 4 rings (SSSR count). The number of aromatic nitrogens is 3. The minimum atomic E-state index is -0.742. The molecule has 0 radical (unpaired) electrons. The van der Waals surface area contributed by atoms with E-state index in [4.69, 9.17) is 4.52 Å². The smallest absolute Gasteiger partial charge is 0.308 e. The fraction of sp³-hybridized carbons (Fsp3) is 0.294. The molecular formula is C17H16N4O3S. The number of anilines is 1. The van der Waals surface area contributed by atoms with Gasteiger partial charge in [0.2, 0.25) is 5.82 Å². The molecule has 1 atom stereocenters. The van der Waals surface area contributed by atoms with Crippen molar-refractivity contribution < 1.29 is 14.4 Å². The van der Waals surface area contributed by atoms with Crippen LogP contribution in [0.3, 0.4) is 0 Å². The van der Waals surface area contributed by atoms with E-state index in [-0.39, 0.29) is 5.92 Å². The summed E-state index contributed by atoms with van der Waals surface area (Å²) in [4.78, 5) is 23.0. The minimum absolute atomic E-state index is 0.334. The zero-order chi connectivity index (χ0) is 17.2. The lowest BCUT2D eigenvalue weighted by Crippen LogP contribution is -2.39. The van der Waals surface area contributed by atoms with Crippen LogP contribution in [-0.2, 0) is 4.79 Å². The molecule has 0 bridgehead atoms. The van der Waals surface area contributed by atoms with Gasteiger partial charge in [0.25, 0.3) is 5.89 Å². The molecule has 128 valence electrons. The number of aliphatic carboxylic acids is 1. The highest BCUT2D eigenvalue weighted by molar-refractivity contribution is 7.13. The Kier molecular flexibility index (Phi) is 4.19. The summed E-state index contributed by atoms with van der Waals surface area (Å²) in [6.07, 6.45) is 3.26. The van der Waals surface area contributed by atoms with Crippen molar-refractivity contribution in [1.29, 1.82) is 0 Å². The molecule has 8 heteroatoms. The van der Waals surface area contributed by atoms with Crippen molar-refractivity contribution >= 4 is 23.1 Å². The van der Waals surface area contributed by atoms with E-state index in [1.807, 2.05) is 34.5 Å². The number of carboxylic acids is 1. The van der Waals surface area contributed by atoms with Crippen LogP contribution in [0.5, 0.6) is 0 Å². The largest absolute Gasteiger partial charge is 0.481 e. The van der Waals surface area contributed by atoms with Gasteiger partial charge in [-0.2, -0.15) is 4.98 Å². The monoisotopic (exact) mass is 356 g/mol. The molecule has 0 spiro atoms. The first-order valence-corrected chi connectivity index (χ1v) is 8.90. The van der Waals surface area contributed by atoms with E-state index in [1.165, 1.54) is 0 Å². The third-order valence-corrected chi connectivity index (χ3v) is 5.12. The van der Waals surface area contributed by atoms with Crippen LogP contribution in [0.25, 0.3) is 22.2 Å². The second-order valence-corrected chi connectivity index (χ2v) is 6.88. The van der Waals surface area contributed by atoms with Crippen molar-refractivity contribution in [2.45, 2.75) is 12.8 Å². The zero-order valence-electron chi connectivity index (χ0n) is 13.3. The third-order valence-electron chi connectivity index (χ3n) is 4.26. The van der Waals surface area contributed by atoms with Gasteiger partial charge in [-0.25, -0.2) is 4.98 Å². The number of nitrogens with zero attached hydrogens (tertiary/aromatic N) is 4. The fourth-order valence-electron chi connectivity index (χ4n) is 2.93. The van der Waals surface area contributed by atoms with E-state index in [1.54, 1.807) is 17.5 Å². The van der Waals surface area contributed by atoms with Crippen LogP contribution in [0.1, 0.15) is 12.8 Å². The van der Waals surface area contributed by atoms with Crippen LogP contribution in [0.4, 0.5) is 5.82 Å². The average molecular weight is 356 g/mol. The maximum Gasteiger partial charge on any atom is 0.308 e. The highest BCUT2D eigenvalue weighted by Crippen LogP contribution is 2.27. The highest BCUT2D eigenvalue weighted by Gasteiger charge is 2.26. The van der Waals surface area contributed by atoms with E-state index in [0.717, 1.165) is 35.6 Å². The molecule has 0 aliphatic carbocycles. The zero-order valence-corrected chi connectivity index (χ0v) is 14.1. The van der Waals surface area contributed by atoms with Crippen molar-refractivity contribution in [2.75, 3.05) is 18.0 Å². The number of hydrogen-bond donors (Lipinski definition) is 1. The third kappa shape index (κ3) is 3.25. The fourth-order valence-corrected chi connectivity index (χ4v) is 3.58. The lowest BCUT2D eigenvalue weighted by atomic mass is 9.98. The van der Waals surface area contributed by atoms with Gasteiger partial charge in [-0.3, -0.25) is 4.79 Å². The van der Waals surface area contributed by atoms with Gasteiger partial charge in [-0.05, 0) is 36.4 Å². The molecule has 0 saturated carbocycles. The highest BCUT2D eigenvalue weighted by atomic mass is 32.1. The Morgan fingerprint density at radius 1 is 1.36 bits per heavy atom. The predicted molar refractivity (Wildman–Crippen MR) is 93.4 cm³/mol. The van der Waals surface area contributed by atoms with Crippen molar-refractivity contribution in [1.82, 2.24) is 15.1 Å². The Hall–Kier alpha value is -2.74. The number of pyridine rings is 1. The van der Waals surface area contributed by atoms with Crippen molar-refractivity contribution in [2.24, 2.45) is 5.92 Å². The summed E-state index contributed by atoms with van der Waals surface area (Å²) < 4.78 is 5.32. The summed E-state index contributed by atoms with van der Waals surface area (Å²) in [5.74, 6) is 0.680. The van der Waals surface area contributed by atoms with Crippen LogP contribution in [0, 0.1) is 5.92 Å². The number of thiophene rings is 1. The van der Waals surface area contributed by atoms with Crippen molar-refractivity contribution in [3.8, 4) is 22.2 Å². The van der Waals surface area contributed by atoms with Gasteiger partial charge in [-0.15, -0.1) is 11.3 Å². The van der Waals surface area contributed by atoms with Gasteiger partial charge in [0.15, 0.2) is 0 Å². The lowest BCUT2D eigenvalue weighted by molar-refractivity contribution is -0.141. The number of piperidine rings is 1. The average Bonchev–Trinajstić information content (AvgIpc) is 3.33. The van der Waals surface area contributed by atoms with Crippen LogP contribution in [0.15, 0.2) is 40.4 Å². The molecule has 7 nitrogen and oxygen atoms in total. The van der Waals surface area contributed by atoms with Gasteiger partial charge in [0.05, 0.1) is 16.4 Å². The molecule has 1 aliphatic heterocycles. The molecule has 1 unspecified atom stereocenters. The number of carbonyl (C=O) groups is 1. The summed E-state index contributed by atoms with van der Waals surface area (Å²) in [7, 11) is 0. The molecule has 3 aromatic rings. The summed E-state index contributed by atoms with van der Waals surface area (Å²) >= 11 is 1.55. The first-order chi connectivity index (χ1) is 12.2. The number of rotatable bonds is 4. The molecule has 1 aliphatic rings. The van der Waals surface area contributed by atoms with E-state index < -0.39 is 5.97 Å². The van der Waals surface area contributed by atoms with E-state index in [2.05, 4.69) is 15.1 Å². The lowest BCUT2D eigenvalue weighted by Gasteiger charge is -2.31. The maximum absolute atomic E-state index is 11.2. The van der Waals surface area contributed by atoms with Crippen LogP contribution < -0.4 is 4.90 Å². The molecule has 25 heavy (non-hydrogen) atoms. The Labute approximate surface area is 147 Å². The molecule has 0 amide bonds. The normalized spacial score (nSPS) is 17.6. The quantitative estimate of drug-likeness (QED) is 0.767. The van der Waals surface area contributed by atoms with Gasteiger partial charge >= 0.3 is 5.97 Å². The summed E-state index contributed by atoms with van der Waals surface area (Å²) in [6, 6.07) is 7.62. The van der Waals surface area contributed by atoms with E-state index in [9.17, 15) is 9.90 Å². The Balaban J connectivity index is 1.51. The SMILES string of the molecule is O=C(O)C1CCCN(c2ccc(-c3nc(-c4cccs4)no3)cn2)C1. The molecule has 1 saturated heterocycles. The molecule has 3 aromatic heterocycles. The van der Waals surface area contributed by atoms with Gasteiger partial charge in [0, 0.05) is 19.3 Å². The molecule has 1 N–H and O–H groups in total. The van der Waals surface area contributed by atoms with Crippen molar-refractivity contribution in [3.63, 3.8) is 0 Å². The number of hydrogen-bond acceptors (Lipinski definition) is 7. The predicted octanol–water partition coefficient (Wildman–Crippen LogP) is 3.16. The number of carboxylic acid groups (broad SMARTS) is 1. The van der Waals surface area contributed by atoms with E-state index in [0.29, 0.717) is 18.3 Å². The second-order valence-electron chi connectivity index (χ2n) is 5.93. The Bertz CT molecular complexity index is 860.